The monoisotopic (exact) mass is 334 g/mol. The number of hydrogen-bond donors (Lipinski definition) is 0. The lowest BCUT2D eigenvalue weighted by Crippen LogP contribution is -2.00. The molecule has 24 heavy (non-hydrogen) atoms. The Balaban J connectivity index is 1.80. The second-order valence-corrected chi connectivity index (χ2v) is 6.23. The maximum Gasteiger partial charge on any atom is 0.163 e. The Morgan fingerprint density at radius 1 is 1.21 bits per heavy atom. The minimum Gasteiger partial charge on any atom is -0.372 e. The number of rotatable bonds is 3. The highest BCUT2D eigenvalue weighted by Gasteiger charge is 2.15. The quantitative estimate of drug-likeness (QED) is 0.685. The number of nitrogens with zero attached hydrogens (tertiary/aromatic N) is 4. The first-order valence-corrected chi connectivity index (χ1v) is 8.71. The fraction of sp³-hybridized carbons (Fsp3) is 0.167. The van der Waals surface area contributed by atoms with Crippen molar-refractivity contribution in [3.8, 4) is 23.3 Å². The van der Waals surface area contributed by atoms with E-state index in [-0.39, 0.29) is 0 Å². The number of pyridine rings is 1. The van der Waals surface area contributed by atoms with Crippen molar-refractivity contribution in [1.82, 2.24) is 14.5 Å². The maximum atomic E-state index is 9.16. The molecule has 0 saturated heterocycles. The molecular formula is C18H14N4OS. The van der Waals surface area contributed by atoms with E-state index in [0.717, 1.165) is 17.2 Å². The molecule has 6 heteroatoms. The number of ether oxygens (including phenoxy) is 1. The number of nitriles is 1. The van der Waals surface area contributed by atoms with Gasteiger partial charge in [-0.3, -0.25) is 4.57 Å². The minimum atomic E-state index is 0.582. The van der Waals surface area contributed by atoms with Gasteiger partial charge in [0, 0.05) is 18.1 Å². The average Bonchev–Trinajstić information content (AvgIpc) is 3.29. The molecule has 118 valence electrons. The highest BCUT2D eigenvalue weighted by atomic mass is 32.2. The highest BCUT2D eigenvalue weighted by Crippen LogP contribution is 2.27. The van der Waals surface area contributed by atoms with Crippen LogP contribution in [0.5, 0.6) is 0 Å². The molecule has 0 atom stereocenters. The number of hydrogen-bond acceptors (Lipinski definition) is 5. The Kier molecular flexibility index (Phi) is 3.81. The van der Waals surface area contributed by atoms with Gasteiger partial charge in [-0.05, 0) is 41.6 Å². The summed E-state index contributed by atoms with van der Waals surface area (Å²) >= 11 is 1.46. The van der Waals surface area contributed by atoms with Crippen molar-refractivity contribution in [2.24, 2.45) is 0 Å². The van der Waals surface area contributed by atoms with E-state index < -0.39 is 0 Å². The summed E-state index contributed by atoms with van der Waals surface area (Å²) in [4.78, 5) is 9.06. The van der Waals surface area contributed by atoms with Crippen LogP contribution in [0.3, 0.4) is 0 Å². The van der Waals surface area contributed by atoms with Crippen LogP contribution in [0.4, 0.5) is 0 Å². The Morgan fingerprint density at radius 3 is 2.92 bits per heavy atom. The molecule has 1 aliphatic rings. The first-order valence-electron chi connectivity index (χ1n) is 7.49. The molecule has 4 rings (SSSR count). The summed E-state index contributed by atoms with van der Waals surface area (Å²) in [6.07, 6.45) is 5.60. The summed E-state index contributed by atoms with van der Waals surface area (Å²) in [6, 6.07) is 12.1. The molecule has 2 aromatic heterocycles. The van der Waals surface area contributed by atoms with Gasteiger partial charge in [-0.25, -0.2) is 9.97 Å². The SMILES string of the molecule is CSc1nc(-c2nccn2-c2ccc3c(c2)COC3)ccc1C#N. The molecule has 0 saturated carbocycles. The number of fused-ring (bicyclic) bond motifs is 1. The van der Waals surface area contributed by atoms with Crippen LogP contribution < -0.4 is 0 Å². The van der Waals surface area contributed by atoms with Crippen LogP contribution in [-0.4, -0.2) is 20.8 Å². The molecule has 0 bridgehead atoms. The predicted molar refractivity (Wildman–Crippen MR) is 91.8 cm³/mol. The molecule has 0 unspecified atom stereocenters. The number of thioether (sulfide) groups is 1. The summed E-state index contributed by atoms with van der Waals surface area (Å²) in [6.45, 7) is 1.33. The standard InChI is InChI=1S/C18H14N4OS/c1-24-18-12(9-19)3-5-16(21-18)17-20-6-7-22(17)15-4-2-13-10-23-11-14(13)8-15/h2-8H,10-11H2,1H3. The molecule has 3 aromatic rings. The van der Waals surface area contributed by atoms with Gasteiger partial charge in [0.05, 0.1) is 18.8 Å². The van der Waals surface area contributed by atoms with Crippen molar-refractivity contribution in [3.63, 3.8) is 0 Å². The first-order chi connectivity index (χ1) is 11.8. The molecule has 0 amide bonds. The third kappa shape index (κ3) is 2.48. The average molecular weight is 334 g/mol. The fourth-order valence-electron chi connectivity index (χ4n) is 2.82. The van der Waals surface area contributed by atoms with Gasteiger partial charge >= 0.3 is 0 Å². The van der Waals surface area contributed by atoms with Crippen LogP contribution in [0, 0.1) is 11.3 Å². The number of aromatic nitrogens is 3. The van der Waals surface area contributed by atoms with E-state index in [0.29, 0.717) is 23.8 Å². The minimum absolute atomic E-state index is 0.582. The van der Waals surface area contributed by atoms with Gasteiger partial charge in [0.25, 0.3) is 0 Å². The van der Waals surface area contributed by atoms with Crippen LogP contribution >= 0.6 is 11.8 Å². The summed E-state index contributed by atoms with van der Waals surface area (Å²) in [5.41, 5.74) is 4.81. The molecule has 3 heterocycles. The molecule has 0 spiro atoms. The van der Waals surface area contributed by atoms with E-state index in [2.05, 4.69) is 34.2 Å². The summed E-state index contributed by atoms with van der Waals surface area (Å²) in [5.74, 6) is 0.758. The molecule has 5 nitrogen and oxygen atoms in total. The second kappa shape index (κ2) is 6.11. The van der Waals surface area contributed by atoms with E-state index in [1.165, 1.54) is 22.9 Å². The van der Waals surface area contributed by atoms with E-state index in [1.807, 2.05) is 23.1 Å². The van der Waals surface area contributed by atoms with Gasteiger partial charge in [0.1, 0.15) is 16.8 Å². The van der Waals surface area contributed by atoms with Crippen LogP contribution in [-0.2, 0) is 18.0 Å². The summed E-state index contributed by atoms with van der Waals surface area (Å²) in [5, 5.41) is 9.87. The second-order valence-electron chi connectivity index (χ2n) is 5.43. The van der Waals surface area contributed by atoms with Crippen molar-refractivity contribution in [1.29, 1.82) is 5.26 Å². The van der Waals surface area contributed by atoms with E-state index in [4.69, 9.17) is 10.00 Å². The lowest BCUT2D eigenvalue weighted by molar-refractivity contribution is 0.134. The van der Waals surface area contributed by atoms with Gasteiger partial charge in [0.15, 0.2) is 5.82 Å². The zero-order valence-electron chi connectivity index (χ0n) is 13.1. The fourth-order valence-corrected chi connectivity index (χ4v) is 3.34. The van der Waals surface area contributed by atoms with Gasteiger partial charge < -0.3 is 4.74 Å². The van der Waals surface area contributed by atoms with E-state index in [9.17, 15) is 0 Å². The Labute approximate surface area is 143 Å². The van der Waals surface area contributed by atoms with Crippen molar-refractivity contribution < 1.29 is 4.74 Å². The molecule has 0 radical (unpaired) electrons. The van der Waals surface area contributed by atoms with Crippen molar-refractivity contribution in [2.75, 3.05) is 6.26 Å². The smallest absolute Gasteiger partial charge is 0.163 e. The largest absolute Gasteiger partial charge is 0.372 e. The molecule has 0 aliphatic carbocycles. The Morgan fingerprint density at radius 2 is 2.08 bits per heavy atom. The molecule has 0 fully saturated rings. The topological polar surface area (TPSA) is 63.7 Å². The van der Waals surface area contributed by atoms with Crippen molar-refractivity contribution in [2.45, 2.75) is 18.2 Å². The van der Waals surface area contributed by atoms with Gasteiger partial charge in [0.2, 0.25) is 0 Å². The van der Waals surface area contributed by atoms with Gasteiger partial charge in [-0.2, -0.15) is 5.26 Å². The Bertz CT molecular complexity index is 958. The van der Waals surface area contributed by atoms with Crippen LogP contribution in [0.1, 0.15) is 16.7 Å². The third-order valence-corrected chi connectivity index (χ3v) is 4.72. The zero-order valence-corrected chi connectivity index (χ0v) is 13.9. The van der Waals surface area contributed by atoms with E-state index in [1.54, 1.807) is 12.3 Å². The lowest BCUT2D eigenvalue weighted by atomic mass is 10.1. The van der Waals surface area contributed by atoms with E-state index >= 15 is 0 Å². The number of benzene rings is 1. The third-order valence-electron chi connectivity index (χ3n) is 4.03. The molecule has 1 aromatic carbocycles. The highest BCUT2D eigenvalue weighted by molar-refractivity contribution is 7.98. The first kappa shape index (κ1) is 14.9. The van der Waals surface area contributed by atoms with Crippen LogP contribution in [0.25, 0.3) is 17.2 Å². The Hall–Kier alpha value is -2.62. The van der Waals surface area contributed by atoms with Crippen LogP contribution in [0.15, 0.2) is 47.8 Å². The van der Waals surface area contributed by atoms with Gasteiger partial charge in [-0.15, -0.1) is 11.8 Å². The molecular weight excluding hydrogens is 320 g/mol. The van der Waals surface area contributed by atoms with Crippen molar-refractivity contribution >= 4 is 11.8 Å². The van der Waals surface area contributed by atoms with Gasteiger partial charge in [-0.1, -0.05) is 6.07 Å². The summed E-state index contributed by atoms with van der Waals surface area (Å²) in [7, 11) is 0. The molecule has 1 aliphatic heterocycles. The summed E-state index contributed by atoms with van der Waals surface area (Å²) < 4.78 is 7.50. The maximum absolute atomic E-state index is 9.16. The lowest BCUT2D eigenvalue weighted by Gasteiger charge is -2.10. The normalized spacial score (nSPS) is 12.8. The van der Waals surface area contributed by atoms with Crippen LogP contribution in [0.2, 0.25) is 0 Å². The number of imidazole rings is 1. The molecule has 0 N–H and O–H groups in total. The predicted octanol–water partition coefficient (Wildman–Crippen LogP) is 3.56. The zero-order chi connectivity index (χ0) is 16.5. The van der Waals surface area contributed by atoms with Crippen molar-refractivity contribution in [3.05, 3.63) is 59.4 Å².